The maximum Gasteiger partial charge on any atom is 0.259 e. The minimum Gasteiger partial charge on any atom is -0.349 e. The number of hydrogen-bond acceptors (Lipinski definition) is 6. The fraction of sp³-hybridized carbons (Fsp3) is 0.250. The summed E-state index contributed by atoms with van der Waals surface area (Å²) in [4.78, 5) is 28.4. The molecule has 2 heterocycles. The first-order valence-electron chi connectivity index (χ1n) is 10.9. The highest BCUT2D eigenvalue weighted by molar-refractivity contribution is 7.89. The average Bonchev–Trinajstić information content (AvgIpc) is 3.53. The van der Waals surface area contributed by atoms with E-state index in [1.165, 1.54) is 16.2 Å². The Bertz CT molecular complexity index is 1300. The third kappa shape index (κ3) is 5.59. The van der Waals surface area contributed by atoms with Gasteiger partial charge in [-0.1, -0.05) is 30.3 Å². The molecule has 1 saturated heterocycles. The van der Waals surface area contributed by atoms with Crippen LogP contribution in [-0.2, 0) is 39.1 Å². The van der Waals surface area contributed by atoms with Crippen molar-refractivity contribution in [2.45, 2.75) is 30.6 Å². The van der Waals surface area contributed by atoms with Crippen molar-refractivity contribution in [1.82, 2.24) is 14.5 Å². The summed E-state index contributed by atoms with van der Waals surface area (Å²) in [6.07, 6.45) is -1.31. The number of thiophene rings is 1. The van der Waals surface area contributed by atoms with Crippen LogP contribution in [0.5, 0.6) is 0 Å². The Kier molecular flexibility index (Phi) is 7.60. The molecule has 1 aliphatic heterocycles. The van der Waals surface area contributed by atoms with Crippen LogP contribution in [0.4, 0.5) is 4.39 Å². The van der Waals surface area contributed by atoms with Crippen molar-refractivity contribution in [1.29, 1.82) is 0 Å². The molecule has 1 atom stereocenters. The predicted molar refractivity (Wildman–Crippen MR) is 130 cm³/mol. The van der Waals surface area contributed by atoms with Crippen molar-refractivity contribution < 1.29 is 22.4 Å². The van der Waals surface area contributed by atoms with Crippen molar-refractivity contribution in [3.05, 3.63) is 87.9 Å². The van der Waals surface area contributed by atoms with Gasteiger partial charge in [-0.2, -0.15) is 4.31 Å². The van der Waals surface area contributed by atoms with Crippen LogP contribution >= 0.6 is 11.3 Å². The summed E-state index contributed by atoms with van der Waals surface area (Å²) in [5.41, 5.74) is 7.37. The Balaban J connectivity index is 1.60. The van der Waals surface area contributed by atoms with Crippen LogP contribution in [0.2, 0.25) is 0 Å². The normalized spacial score (nSPS) is 16.4. The van der Waals surface area contributed by atoms with Gasteiger partial charge < -0.3 is 16.0 Å². The lowest BCUT2D eigenvalue weighted by molar-refractivity contribution is -0.140. The largest absolute Gasteiger partial charge is 0.349 e. The summed E-state index contributed by atoms with van der Waals surface area (Å²) in [5.74, 6) is -1.55. The number of sulfonamides is 1. The summed E-state index contributed by atoms with van der Waals surface area (Å²) in [7, 11) is -4.17. The first-order valence-corrected chi connectivity index (χ1v) is 13.3. The lowest BCUT2D eigenvalue weighted by Gasteiger charge is -2.28. The predicted octanol–water partition coefficient (Wildman–Crippen LogP) is 2.06. The molecule has 2 amide bonds. The van der Waals surface area contributed by atoms with Gasteiger partial charge >= 0.3 is 0 Å². The van der Waals surface area contributed by atoms with Gasteiger partial charge in [0.15, 0.2) is 6.17 Å². The van der Waals surface area contributed by atoms with E-state index in [0.29, 0.717) is 6.54 Å². The Morgan fingerprint density at radius 3 is 2.49 bits per heavy atom. The number of amides is 2. The number of carbonyl (C=O) groups is 2. The van der Waals surface area contributed by atoms with E-state index < -0.39 is 27.9 Å². The Morgan fingerprint density at radius 1 is 1.06 bits per heavy atom. The summed E-state index contributed by atoms with van der Waals surface area (Å²) in [5, 5.41) is 4.61. The van der Waals surface area contributed by atoms with Gasteiger partial charge in [0.25, 0.3) is 5.91 Å². The smallest absolute Gasteiger partial charge is 0.259 e. The van der Waals surface area contributed by atoms with Crippen molar-refractivity contribution >= 4 is 33.2 Å². The second-order valence-corrected chi connectivity index (χ2v) is 11.0. The molecule has 3 aromatic rings. The standard InChI is InChI=1S/C24H25FN4O4S2/c25-19-6-8-21(9-7-19)35(32,33)29-11-10-28(22(30)14-20-5-2-12-34-20)24(29)23(31)27-16-18-4-1-3-17(13-18)15-26/h1-9,12-13,24H,10-11,14-16,26H2,(H,27,31). The molecule has 2 aromatic carbocycles. The molecule has 1 aliphatic rings. The highest BCUT2D eigenvalue weighted by Gasteiger charge is 2.46. The first-order chi connectivity index (χ1) is 16.8. The van der Waals surface area contributed by atoms with Crippen LogP contribution < -0.4 is 11.1 Å². The Morgan fingerprint density at radius 2 is 1.80 bits per heavy atom. The van der Waals surface area contributed by atoms with E-state index in [1.54, 1.807) is 0 Å². The zero-order valence-corrected chi connectivity index (χ0v) is 20.4. The van der Waals surface area contributed by atoms with Crippen molar-refractivity contribution in [2.75, 3.05) is 13.1 Å². The monoisotopic (exact) mass is 516 g/mol. The van der Waals surface area contributed by atoms with Crippen LogP contribution in [0, 0.1) is 5.82 Å². The molecule has 3 N–H and O–H groups in total. The van der Waals surface area contributed by atoms with E-state index in [0.717, 1.165) is 44.6 Å². The zero-order chi connectivity index (χ0) is 25.0. The van der Waals surface area contributed by atoms with Crippen LogP contribution in [0.3, 0.4) is 0 Å². The van der Waals surface area contributed by atoms with E-state index in [2.05, 4.69) is 5.32 Å². The highest BCUT2D eigenvalue weighted by Crippen LogP contribution is 2.26. The second-order valence-electron chi connectivity index (χ2n) is 8.03. The maximum absolute atomic E-state index is 13.4. The molecule has 0 bridgehead atoms. The van der Waals surface area contributed by atoms with Crippen molar-refractivity contribution in [2.24, 2.45) is 5.73 Å². The number of nitrogens with one attached hydrogen (secondary N) is 1. The molecule has 0 spiro atoms. The molecule has 4 rings (SSSR count). The van der Waals surface area contributed by atoms with Gasteiger partial charge in [-0.25, -0.2) is 12.8 Å². The lowest BCUT2D eigenvalue weighted by Crippen LogP contribution is -2.53. The van der Waals surface area contributed by atoms with E-state index in [-0.39, 0.29) is 36.9 Å². The number of rotatable bonds is 8. The topological polar surface area (TPSA) is 113 Å². The Hall–Kier alpha value is -3.12. The minimum atomic E-state index is -4.17. The number of nitrogens with two attached hydrogens (primary N) is 1. The highest BCUT2D eigenvalue weighted by atomic mass is 32.2. The molecule has 8 nitrogen and oxygen atoms in total. The summed E-state index contributed by atoms with van der Waals surface area (Å²) < 4.78 is 41.1. The Labute approximate surface area is 207 Å². The number of hydrogen-bond donors (Lipinski definition) is 2. The molecular formula is C24H25FN4O4S2. The molecule has 0 aliphatic carbocycles. The molecule has 11 heteroatoms. The van der Waals surface area contributed by atoms with E-state index in [1.807, 2.05) is 41.8 Å². The summed E-state index contributed by atoms with van der Waals surface area (Å²) >= 11 is 1.41. The van der Waals surface area contributed by atoms with Crippen LogP contribution in [0.25, 0.3) is 0 Å². The lowest BCUT2D eigenvalue weighted by atomic mass is 10.1. The number of benzene rings is 2. The molecule has 1 aromatic heterocycles. The van der Waals surface area contributed by atoms with E-state index in [9.17, 15) is 22.4 Å². The molecule has 35 heavy (non-hydrogen) atoms. The molecule has 1 unspecified atom stereocenters. The summed E-state index contributed by atoms with van der Waals surface area (Å²) in [6, 6.07) is 15.4. The number of carbonyl (C=O) groups excluding carboxylic acids is 2. The number of halogens is 1. The fourth-order valence-corrected chi connectivity index (χ4v) is 6.19. The van der Waals surface area contributed by atoms with Crippen molar-refractivity contribution in [3.8, 4) is 0 Å². The van der Waals surface area contributed by atoms with Gasteiger partial charge in [0.2, 0.25) is 15.9 Å². The van der Waals surface area contributed by atoms with Crippen molar-refractivity contribution in [3.63, 3.8) is 0 Å². The SMILES string of the molecule is NCc1cccc(CNC(=O)C2N(C(=O)Cc3cccs3)CCN2S(=O)(=O)c2ccc(F)cc2)c1. The maximum atomic E-state index is 13.4. The third-order valence-electron chi connectivity index (χ3n) is 5.70. The number of nitrogens with zero attached hydrogens (tertiary/aromatic N) is 2. The van der Waals surface area contributed by atoms with Crippen LogP contribution in [-0.4, -0.2) is 48.7 Å². The third-order valence-corrected chi connectivity index (χ3v) is 8.45. The molecule has 0 radical (unpaired) electrons. The quantitative estimate of drug-likeness (QED) is 0.476. The average molecular weight is 517 g/mol. The molecule has 184 valence electrons. The van der Waals surface area contributed by atoms with Gasteiger partial charge in [0.1, 0.15) is 5.82 Å². The van der Waals surface area contributed by atoms with Gasteiger partial charge in [-0.3, -0.25) is 9.59 Å². The molecule has 0 saturated carbocycles. The van der Waals surface area contributed by atoms with Gasteiger partial charge in [0.05, 0.1) is 11.3 Å². The van der Waals surface area contributed by atoms with E-state index in [4.69, 9.17) is 5.73 Å². The second kappa shape index (κ2) is 10.6. The van der Waals surface area contributed by atoms with Gasteiger partial charge in [0, 0.05) is 31.1 Å². The van der Waals surface area contributed by atoms with Crippen LogP contribution in [0.15, 0.2) is 70.9 Å². The molecule has 1 fully saturated rings. The van der Waals surface area contributed by atoms with E-state index >= 15 is 0 Å². The molecular weight excluding hydrogens is 491 g/mol. The first kappa shape index (κ1) is 25.0. The van der Waals surface area contributed by atoms with Gasteiger partial charge in [-0.15, -0.1) is 11.3 Å². The zero-order valence-electron chi connectivity index (χ0n) is 18.8. The van der Waals surface area contributed by atoms with Crippen LogP contribution in [0.1, 0.15) is 16.0 Å². The van der Waals surface area contributed by atoms with Gasteiger partial charge in [-0.05, 0) is 46.8 Å². The fourth-order valence-electron chi connectivity index (χ4n) is 3.94. The minimum absolute atomic E-state index is 0.0589. The summed E-state index contributed by atoms with van der Waals surface area (Å²) in [6.45, 7) is 0.488.